The number of carbonyl (C=O) groups excluding carboxylic acids is 1. The number of sulfone groups is 1. The zero-order chi connectivity index (χ0) is 27.7. The van der Waals surface area contributed by atoms with Gasteiger partial charge in [-0.1, -0.05) is 6.92 Å². The molecule has 1 unspecified atom stereocenters. The number of cyclic esters (lactones) is 1. The lowest BCUT2D eigenvalue weighted by molar-refractivity contribution is 0.0235. The summed E-state index contributed by atoms with van der Waals surface area (Å²) in [6.45, 7) is 5.88. The number of esters is 1. The van der Waals surface area contributed by atoms with Crippen LogP contribution in [-0.4, -0.2) is 53.1 Å². The lowest BCUT2D eigenvalue weighted by atomic mass is 9.86. The van der Waals surface area contributed by atoms with Crippen molar-refractivity contribution < 1.29 is 22.7 Å². The monoisotopic (exact) mass is 551 g/mol. The molecule has 2 fully saturated rings. The second-order valence-electron chi connectivity index (χ2n) is 11.5. The van der Waals surface area contributed by atoms with Crippen molar-refractivity contribution in [3.63, 3.8) is 0 Å². The van der Waals surface area contributed by atoms with E-state index in [9.17, 15) is 13.2 Å². The van der Waals surface area contributed by atoms with Crippen molar-refractivity contribution in [3.05, 3.63) is 47.4 Å². The van der Waals surface area contributed by atoms with Gasteiger partial charge in [-0.2, -0.15) is 0 Å². The lowest BCUT2D eigenvalue weighted by Crippen LogP contribution is -2.42. The van der Waals surface area contributed by atoms with Gasteiger partial charge in [-0.25, -0.2) is 28.2 Å². The highest BCUT2D eigenvalue weighted by Gasteiger charge is 2.42. The highest BCUT2D eigenvalue weighted by atomic mass is 32.2. The zero-order valence-corrected chi connectivity index (χ0v) is 23.3. The Kier molecular flexibility index (Phi) is 6.07. The number of fused-ring (bicyclic) bond motifs is 2. The highest BCUT2D eigenvalue weighted by molar-refractivity contribution is 7.91. The Morgan fingerprint density at radius 2 is 1.85 bits per heavy atom. The van der Waals surface area contributed by atoms with Crippen molar-refractivity contribution >= 4 is 38.2 Å². The van der Waals surface area contributed by atoms with Crippen LogP contribution in [0.1, 0.15) is 74.0 Å². The normalized spacial score (nSPS) is 26.2. The molecule has 0 aromatic carbocycles. The van der Waals surface area contributed by atoms with Crippen LogP contribution in [0.15, 0.2) is 30.6 Å². The molecule has 39 heavy (non-hydrogen) atoms. The van der Waals surface area contributed by atoms with Gasteiger partial charge in [0.05, 0.1) is 21.9 Å². The van der Waals surface area contributed by atoms with Gasteiger partial charge in [-0.3, -0.25) is 0 Å². The number of nitrogens with zero attached hydrogens (tertiary/aromatic N) is 3. The maximum absolute atomic E-state index is 12.3. The first-order chi connectivity index (χ1) is 18.4. The third kappa shape index (κ3) is 4.71. The minimum absolute atomic E-state index is 0.0355. The molecule has 11 heteroatoms. The molecule has 10 nitrogen and oxygen atoms in total. The Morgan fingerprint density at radius 3 is 2.54 bits per heavy atom. The van der Waals surface area contributed by atoms with E-state index >= 15 is 0 Å². The maximum atomic E-state index is 12.3. The predicted molar refractivity (Wildman–Crippen MR) is 147 cm³/mol. The van der Waals surface area contributed by atoms with E-state index in [2.05, 4.69) is 15.3 Å². The summed E-state index contributed by atoms with van der Waals surface area (Å²) in [7, 11) is -3.08. The van der Waals surface area contributed by atoms with Crippen LogP contribution in [0.3, 0.4) is 0 Å². The van der Waals surface area contributed by atoms with Gasteiger partial charge in [0.2, 0.25) is 5.88 Å². The van der Waals surface area contributed by atoms with E-state index in [-0.39, 0.29) is 29.3 Å². The Morgan fingerprint density at radius 1 is 1.10 bits per heavy atom. The number of anilines is 2. The van der Waals surface area contributed by atoms with Crippen LogP contribution in [0, 0.1) is 5.92 Å². The molecule has 6 rings (SSSR count). The van der Waals surface area contributed by atoms with Gasteiger partial charge in [-0.05, 0) is 61.8 Å². The molecule has 0 radical (unpaired) electrons. The van der Waals surface area contributed by atoms with E-state index in [1.807, 2.05) is 26.8 Å². The summed E-state index contributed by atoms with van der Waals surface area (Å²) in [6.07, 6.45) is 7.30. The van der Waals surface area contributed by atoms with Crippen molar-refractivity contribution in [1.29, 1.82) is 0 Å². The molecule has 3 aromatic rings. The molecule has 0 amide bonds. The fourth-order valence-electron chi connectivity index (χ4n) is 5.48. The summed E-state index contributed by atoms with van der Waals surface area (Å²) in [6, 6.07) is 5.39. The topological polar surface area (TPSA) is 146 Å². The second-order valence-corrected chi connectivity index (χ2v) is 13.8. The summed E-state index contributed by atoms with van der Waals surface area (Å²) in [5, 5.41) is 4.50. The van der Waals surface area contributed by atoms with E-state index in [1.54, 1.807) is 24.5 Å². The molecule has 2 aliphatic carbocycles. The highest BCUT2D eigenvalue weighted by Crippen LogP contribution is 2.46. The van der Waals surface area contributed by atoms with Gasteiger partial charge >= 0.3 is 5.97 Å². The molecular formula is C28H33N5O5S. The largest absolute Gasteiger partial charge is 0.474 e. The molecule has 1 aliphatic heterocycles. The molecule has 0 saturated heterocycles. The molecule has 3 atom stereocenters. The van der Waals surface area contributed by atoms with E-state index in [0.717, 1.165) is 29.2 Å². The van der Waals surface area contributed by atoms with Crippen molar-refractivity contribution in [2.75, 3.05) is 11.6 Å². The summed E-state index contributed by atoms with van der Waals surface area (Å²) >= 11 is 0. The van der Waals surface area contributed by atoms with Crippen molar-refractivity contribution in [3.8, 4) is 5.88 Å². The Balaban J connectivity index is 1.34. The standard InChI is InChI=1S/C28H33N5O5S/c1-14-15(2)37-27(34)19-7-8-23(33-25(14)19)32-24-11-20-21(12-30-24)26(38-17-9-18(10-17)39(4,35)36)31-13-22(20)28(3,29)16-5-6-16/h7-8,11-18H,5-6,9-10,29H2,1-4H3,(H,30,32,33)/t14-,15-,17-,18+,28?/m0/s1. The first kappa shape index (κ1) is 25.9. The van der Waals surface area contributed by atoms with Crippen molar-refractivity contribution in [1.82, 2.24) is 15.0 Å². The van der Waals surface area contributed by atoms with Crippen LogP contribution in [0.5, 0.6) is 5.88 Å². The summed E-state index contributed by atoms with van der Waals surface area (Å²) in [4.78, 5) is 26.2. The Labute approximate surface area is 227 Å². The first-order valence-electron chi connectivity index (χ1n) is 13.3. The molecule has 3 aliphatic rings. The van der Waals surface area contributed by atoms with Crippen LogP contribution >= 0.6 is 0 Å². The summed E-state index contributed by atoms with van der Waals surface area (Å²) in [5.74, 6) is 1.53. The van der Waals surface area contributed by atoms with Gasteiger partial charge in [0, 0.05) is 42.9 Å². The lowest BCUT2D eigenvalue weighted by Gasteiger charge is -2.34. The van der Waals surface area contributed by atoms with Gasteiger partial charge in [0.1, 0.15) is 23.8 Å². The van der Waals surface area contributed by atoms with E-state index in [0.29, 0.717) is 47.5 Å². The quantitative estimate of drug-likeness (QED) is 0.414. The third-order valence-electron chi connectivity index (χ3n) is 8.51. The summed E-state index contributed by atoms with van der Waals surface area (Å²) in [5.41, 5.74) is 8.35. The molecule has 2 saturated carbocycles. The zero-order valence-electron chi connectivity index (χ0n) is 22.5. The number of pyridine rings is 3. The number of carbonyl (C=O) groups is 1. The van der Waals surface area contributed by atoms with Gasteiger partial charge in [0.15, 0.2) is 9.84 Å². The minimum atomic E-state index is -3.08. The van der Waals surface area contributed by atoms with E-state index < -0.39 is 15.4 Å². The Bertz CT molecular complexity index is 1580. The van der Waals surface area contributed by atoms with Crippen LogP contribution in [0.2, 0.25) is 0 Å². The molecule has 3 aromatic heterocycles. The van der Waals surface area contributed by atoms with E-state index in [4.69, 9.17) is 20.2 Å². The van der Waals surface area contributed by atoms with Crippen LogP contribution < -0.4 is 15.8 Å². The SMILES string of the molecule is C[C@@H]1OC(=O)c2ccc(Nc3cc4c(C(C)(N)C5CC5)cnc(O[C@H]5C[C@@H](S(C)(=O)=O)C5)c4cn3)nc2[C@H]1C. The fraction of sp³-hybridized carbons (Fsp3) is 0.500. The second kappa shape index (κ2) is 9.12. The number of ether oxygens (including phenoxy) is 2. The molecule has 0 bridgehead atoms. The number of rotatable bonds is 7. The number of hydrogen-bond acceptors (Lipinski definition) is 10. The summed E-state index contributed by atoms with van der Waals surface area (Å²) < 4.78 is 35.2. The number of nitrogens with one attached hydrogen (secondary N) is 1. The minimum Gasteiger partial charge on any atom is -0.474 e. The number of nitrogens with two attached hydrogens (primary N) is 1. The maximum Gasteiger partial charge on any atom is 0.340 e. The molecule has 3 N–H and O–H groups in total. The van der Waals surface area contributed by atoms with Crippen LogP contribution in [0.4, 0.5) is 11.6 Å². The van der Waals surface area contributed by atoms with Crippen molar-refractivity contribution in [2.45, 2.75) is 75.4 Å². The third-order valence-corrected chi connectivity index (χ3v) is 10.1. The van der Waals surface area contributed by atoms with E-state index in [1.165, 1.54) is 6.26 Å². The van der Waals surface area contributed by atoms with Crippen LogP contribution in [0.25, 0.3) is 10.8 Å². The van der Waals surface area contributed by atoms with Gasteiger partial charge in [0.25, 0.3) is 0 Å². The van der Waals surface area contributed by atoms with Crippen molar-refractivity contribution in [2.24, 2.45) is 11.7 Å². The average molecular weight is 552 g/mol. The molecule has 4 heterocycles. The fourth-order valence-corrected chi connectivity index (χ4v) is 6.61. The average Bonchev–Trinajstić information content (AvgIpc) is 3.70. The number of aromatic nitrogens is 3. The predicted octanol–water partition coefficient (Wildman–Crippen LogP) is 3.97. The Hall–Kier alpha value is -3.31. The smallest absolute Gasteiger partial charge is 0.340 e. The van der Waals surface area contributed by atoms with Gasteiger partial charge < -0.3 is 20.5 Å². The molecule has 0 spiro atoms. The number of hydrogen-bond donors (Lipinski definition) is 2. The molecular weight excluding hydrogens is 518 g/mol. The van der Waals surface area contributed by atoms with Gasteiger partial charge in [-0.15, -0.1) is 0 Å². The first-order valence-corrected chi connectivity index (χ1v) is 15.3. The van der Waals surface area contributed by atoms with Crippen LogP contribution in [-0.2, 0) is 20.1 Å². The molecule has 206 valence electrons.